The molecule has 1 atom stereocenters. The zero-order chi connectivity index (χ0) is 13.9. The summed E-state index contributed by atoms with van der Waals surface area (Å²) in [6, 6.07) is 11.4. The van der Waals surface area contributed by atoms with Gasteiger partial charge in [0, 0.05) is 18.0 Å². The van der Waals surface area contributed by atoms with Gasteiger partial charge in [-0.2, -0.15) is 0 Å². The minimum absolute atomic E-state index is 0.364. The first-order chi connectivity index (χ1) is 9.75. The van der Waals surface area contributed by atoms with E-state index in [0.29, 0.717) is 16.8 Å². The Morgan fingerprint density at radius 2 is 1.95 bits per heavy atom. The number of hydrogen-bond donors (Lipinski definition) is 0. The van der Waals surface area contributed by atoms with Crippen LogP contribution in [0.5, 0.6) is 0 Å². The van der Waals surface area contributed by atoms with E-state index in [0.717, 1.165) is 5.56 Å². The monoisotopic (exact) mass is 285 g/mol. The molecule has 6 nitrogen and oxygen atoms in total. The Bertz CT molecular complexity index is 756. The Morgan fingerprint density at radius 1 is 1.15 bits per heavy atom. The standard InChI is InChI=1S/C13H11N5OS/c1-20(19)13-17-15-9-18(13)11-7-8-14-12(16-11)10-5-3-2-4-6-10/h2-9H,1H3. The van der Waals surface area contributed by atoms with Crippen molar-refractivity contribution in [2.75, 3.05) is 6.26 Å². The Hall–Kier alpha value is -2.41. The first kappa shape index (κ1) is 12.6. The van der Waals surface area contributed by atoms with Gasteiger partial charge in [0.2, 0.25) is 5.16 Å². The molecule has 1 aromatic carbocycles. The summed E-state index contributed by atoms with van der Waals surface area (Å²) in [6.45, 7) is 0. The van der Waals surface area contributed by atoms with Crippen molar-refractivity contribution in [3.63, 3.8) is 0 Å². The van der Waals surface area contributed by atoms with E-state index in [4.69, 9.17) is 0 Å². The van der Waals surface area contributed by atoms with Gasteiger partial charge in [-0.1, -0.05) is 30.3 Å². The fourth-order valence-corrected chi connectivity index (χ4v) is 2.37. The van der Waals surface area contributed by atoms with Gasteiger partial charge >= 0.3 is 0 Å². The predicted octanol–water partition coefficient (Wildman–Crippen LogP) is 1.46. The smallest absolute Gasteiger partial charge is 0.226 e. The molecular weight excluding hydrogens is 274 g/mol. The second kappa shape index (κ2) is 5.30. The molecule has 2 aromatic heterocycles. The van der Waals surface area contributed by atoms with Gasteiger partial charge in [0.25, 0.3) is 0 Å². The summed E-state index contributed by atoms with van der Waals surface area (Å²) in [5.41, 5.74) is 0.918. The van der Waals surface area contributed by atoms with Gasteiger partial charge in [-0.15, -0.1) is 10.2 Å². The molecule has 0 saturated carbocycles. The molecule has 0 radical (unpaired) electrons. The second-order valence-corrected chi connectivity index (χ2v) is 5.32. The zero-order valence-corrected chi connectivity index (χ0v) is 11.5. The maximum absolute atomic E-state index is 11.6. The predicted molar refractivity (Wildman–Crippen MR) is 74.7 cm³/mol. The van der Waals surface area contributed by atoms with Crippen LogP contribution in [0.3, 0.4) is 0 Å². The largest absolute Gasteiger partial charge is 0.258 e. The van der Waals surface area contributed by atoms with Crippen molar-refractivity contribution in [1.82, 2.24) is 24.7 Å². The fourth-order valence-electron chi connectivity index (χ4n) is 1.79. The molecule has 2 heterocycles. The van der Waals surface area contributed by atoms with Gasteiger partial charge in [0.1, 0.15) is 12.1 Å². The number of nitrogens with zero attached hydrogens (tertiary/aromatic N) is 5. The third-order valence-corrected chi connectivity index (χ3v) is 3.49. The zero-order valence-electron chi connectivity index (χ0n) is 10.7. The molecule has 0 bridgehead atoms. The Kier molecular flexibility index (Phi) is 3.34. The molecule has 100 valence electrons. The van der Waals surface area contributed by atoms with Gasteiger partial charge in [0.05, 0.1) is 10.8 Å². The molecule has 7 heteroatoms. The first-order valence-electron chi connectivity index (χ1n) is 5.88. The summed E-state index contributed by atoms with van der Waals surface area (Å²) in [5, 5.41) is 7.99. The van der Waals surface area contributed by atoms with Crippen molar-refractivity contribution in [2.45, 2.75) is 5.16 Å². The quantitative estimate of drug-likeness (QED) is 0.728. The van der Waals surface area contributed by atoms with Gasteiger partial charge in [-0.05, 0) is 6.07 Å². The minimum Gasteiger partial charge on any atom is -0.258 e. The van der Waals surface area contributed by atoms with Crippen LogP contribution in [-0.4, -0.2) is 35.2 Å². The highest BCUT2D eigenvalue weighted by molar-refractivity contribution is 7.84. The molecule has 3 rings (SSSR count). The Balaban J connectivity index is 2.08. The molecule has 0 N–H and O–H groups in total. The van der Waals surface area contributed by atoms with E-state index in [1.165, 1.54) is 6.33 Å². The van der Waals surface area contributed by atoms with Crippen molar-refractivity contribution in [2.24, 2.45) is 0 Å². The van der Waals surface area contributed by atoms with E-state index < -0.39 is 10.8 Å². The summed E-state index contributed by atoms with van der Waals surface area (Å²) in [5.74, 6) is 1.19. The number of rotatable bonds is 3. The topological polar surface area (TPSA) is 73.6 Å². The highest BCUT2D eigenvalue weighted by Gasteiger charge is 2.11. The van der Waals surface area contributed by atoms with Crippen LogP contribution in [0.15, 0.2) is 54.1 Å². The van der Waals surface area contributed by atoms with E-state index in [9.17, 15) is 4.21 Å². The Labute approximate surface area is 118 Å². The van der Waals surface area contributed by atoms with E-state index in [1.54, 1.807) is 23.1 Å². The minimum atomic E-state index is -1.23. The molecule has 0 fully saturated rings. The summed E-state index contributed by atoms with van der Waals surface area (Å²) in [4.78, 5) is 8.72. The molecule has 3 aromatic rings. The van der Waals surface area contributed by atoms with Crippen molar-refractivity contribution in [1.29, 1.82) is 0 Å². The molecule has 1 unspecified atom stereocenters. The molecule has 0 aliphatic heterocycles. The lowest BCUT2D eigenvalue weighted by Crippen LogP contribution is -2.05. The maximum Gasteiger partial charge on any atom is 0.226 e. The van der Waals surface area contributed by atoms with E-state index >= 15 is 0 Å². The van der Waals surface area contributed by atoms with Crippen molar-refractivity contribution >= 4 is 10.8 Å². The second-order valence-electron chi connectivity index (χ2n) is 4.04. The highest BCUT2D eigenvalue weighted by atomic mass is 32.2. The Morgan fingerprint density at radius 3 is 2.70 bits per heavy atom. The van der Waals surface area contributed by atoms with Crippen LogP contribution >= 0.6 is 0 Å². The fraction of sp³-hybridized carbons (Fsp3) is 0.0769. The van der Waals surface area contributed by atoms with Gasteiger partial charge < -0.3 is 0 Å². The van der Waals surface area contributed by atoms with Crippen molar-refractivity contribution in [3.05, 3.63) is 48.9 Å². The summed E-state index contributed by atoms with van der Waals surface area (Å²) in [6.07, 6.45) is 4.71. The molecule has 0 amide bonds. The normalized spacial score (nSPS) is 12.2. The lowest BCUT2D eigenvalue weighted by molar-refractivity contribution is 0.675. The van der Waals surface area contributed by atoms with Crippen LogP contribution in [0.2, 0.25) is 0 Å². The van der Waals surface area contributed by atoms with Crippen LogP contribution in [-0.2, 0) is 10.8 Å². The first-order valence-corrected chi connectivity index (χ1v) is 7.44. The van der Waals surface area contributed by atoms with Crippen LogP contribution in [0.4, 0.5) is 0 Å². The van der Waals surface area contributed by atoms with Crippen molar-refractivity contribution < 1.29 is 4.21 Å². The van der Waals surface area contributed by atoms with Gasteiger partial charge in [-0.25, -0.2) is 9.97 Å². The summed E-state index contributed by atoms with van der Waals surface area (Å²) < 4.78 is 13.2. The SMILES string of the molecule is CS(=O)c1nncn1-c1ccnc(-c2ccccc2)n1. The lowest BCUT2D eigenvalue weighted by atomic mass is 10.2. The number of hydrogen-bond acceptors (Lipinski definition) is 5. The summed E-state index contributed by atoms with van der Waals surface area (Å²) in [7, 11) is -1.23. The highest BCUT2D eigenvalue weighted by Crippen LogP contribution is 2.16. The van der Waals surface area contributed by atoms with Gasteiger partial charge in [-0.3, -0.25) is 8.78 Å². The van der Waals surface area contributed by atoms with E-state index in [1.807, 2.05) is 30.3 Å². The van der Waals surface area contributed by atoms with E-state index in [-0.39, 0.29) is 0 Å². The number of aromatic nitrogens is 5. The maximum atomic E-state index is 11.6. The average Bonchev–Trinajstić information content (AvgIpc) is 2.98. The van der Waals surface area contributed by atoms with Gasteiger partial charge in [0.15, 0.2) is 5.82 Å². The molecular formula is C13H11N5OS. The third-order valence-electron chi connectivity index (χ3n) is 2.69. The molecule has 0 aliphatic carbocycles. The average molecular weight is 285 g/mol. The van der Waals surface area contributed by atoms with Crippen molar-refractivity contribution in [3.8, 4) is 17.2 Å². The van der Waals surface area contributed by atoms with Crippen LogP contribution in [0.25, 0.3) is 17.2 Å². The molecule has 0 aliphatic rings. The van der Waals surface area contributed by atoms with E-state index in [2.05, 4.69) is 20.2 Å². The third kappa shape index (κ3) is 2.35. The van der Waals surface area contributed by atoms with Crippen LogP contribution in [0, 0.1) is 0 Å². The summed E-state index contributed by atoms with van der Waals surface area (Å²) >= 11 is 0. The molecule has 0 spiro atoms. The van der Waals surface area contributed by atoms with Crippen LogP contribution in [0.1, 0.15) is 0 Å². The van der Waals surface area contributed by atoms with Crippen LogP contribution < -0.4 is 0 Å². The molecule has 0 saturated heterocycles. The number of benzene rings is 1. The lowest BCUT2D eigenvalue weighted by Gasteiger charge is -2.05. The molecule has 20 heavy (non-hydrogen) atoms.